The van der Waals surface area contributed by atoms with Crippen molar-refractivity contribution in [2.75, 3.05) is 13.1 Å². The van der Waals surface area contributed by atoms with Gasteiger partial charge in [-0.3, -0.25) is 4.79 Å². The first-order valence-corrected chi connectivity index (χ1v) is 7.09. The molecule has 0 aromatic heterocycles. The molecule has 102 valence electrons. The molecule has 1 amide bonds. The van der Waals surface area contributed by atoms with Crippen molar-refractivity contribution in [3.05, 3.63) is 33.8 Å². The number of benzene rings is 1. The standard InChI is InChI=1S/C14H17BrN2O2/c1-9-4-3-5-11(13(9)15)14(18)17-7-6-12(16-19)10(2)8-17/h3-5,10,19H,6-8H2,1-2H3/b16-12+. The number of carbonyl (C=O) groups excluding carboxylic acids is 1. The summed E-state index contributed by atoms with van der Waals surface area (Å²) in [6.07, 6.45) is 0.632. The number of oxime groups is 1. The Labute approximate surface area is 121 Å². The summed E-state index contributed by atoms with van der Waals surface area (Å²) < 4.78 is 0.856. The third-order valence-electron chi connectivity index (χ3n) is 3.54. The molecule has 0 aliphatic carbocycles. The van der Waals surface area contributed by atoms with Crippen LogP contribution in [0.25, 0.3) is 0 Å². The Morgan fingerprint density at radius 2 is 2.26 bits per heavy atom. The van der Waals surface area contributed by atoms with Gasteiger partial charge in [0, 0.05) is 29.9 Å². The predicted molar refractivity (Wildman–Crippen MR) is 77.8 cm³/mol. The third kappa shape index (κ3) is 2.81. The van der Waals surface area contributed by atoms with Crippen LogP contribution in [-0.4, -0.2) is 34.8 Å². The molecule has 5 heteroatoms. The lowest BCUT2D eigenvalue weighted by Crippen LogP contribution is -2.43. The minimum atomic E-state index is 0.0272. The molecule has 19 heavy (non-hydrogen) atoms. The van der Waals surface area contributed by atoms with E-state index in [9.17, 15) is 4.79 Å². The van der Waals surface area contributed by atoms with Gasteiger partial charge in [-0.1, -0.05) is 24.2 Å². The fraction of sp³-hybridized carbons (Fsp3) is 0.429. The van der Waals surface area contributed by atoms with Gasteiger partial charge >= 0.3 is 0 Å². The highest BCUT2D eigenvalue weighted by molar-refractivity contribution is 9.10. The molecule has 2 rings (SSSR count). The van der Waals surface area contributed by atoms with Crippen LogP contribution in [0.4, 0.5) is 0 Å². The predicted octanol–water partition coefficient (Wildman–Crippen LogP) is 3.07. The van der Waals surface area contributed by atoms with Crippen LogP contribution in [0.1, 0.15) is 29.3 Å². The molecule has 0 saturated carbocycles. The normalized spacial score (nSPS) is 21.7. The van der Waals surface area contributed by atoms with Crippen molar-refractivity contribution in [3.8, 4) is 0 Å². The molecule has 1 aliphatic heterocycles. The molecule has 4 nitrogen and oxygen atoms in total. The van der Waals surface area contributed by atoms with Crippen LogP contribution < -0.4 is 0 Å². The van der Waals surface area contributed by atoms with Crippen molar-refractivity contribution >= 4 is 27.5 Å². The molecule has 0 bridgehead atoms. The molecule has 1 heterocycles. The van der Waals surface area contributed by atoms with E-state index in [2.05, 4.69) is 21.1 Å². The van der Waals surface area contributed by atoms with Gasteiger partial charge in [0.25, 0.3) is 5.91 Å². The number of piperidine rings is 1. The smallest absolute Gasteiger partial charge is 0.255 e. The van der Waals surface area contributed by atoms with Crippen LogP contribution in [0.3, 0.4) is 0 Å². The highest BCUT2D eigenvalue weighted by Crippen LogP contribution is 2.24. The first-order chi connectivity index (χ1) is 9.04. The fourth-order valence-electron chi connectivity index (χ4n) is 2.34. The number of rotatable bonds is 1. The van der Waals surface area contributed by atoms with Gasteiger partial charge in [-0.25, -0.2) is 0 Å². The number of nitrogens with zero attached hydrogens (tertiary/aromatic N) is 2. The molecule has 1 unspecified atom stereocenters. The van der Waals surface area contributed by atoms with Gasteiger partial charge in [0.15, 0.2) is 0 Å². The van der Waals surface area contributed by atoms with Gasteiger partial charge in [0.1, 0.15) is 0 Å². The number of likely N-dealkylation sites (tertiary alicyclic amines) is 1. The summed E-state index contributed by atoms with van der Waals surface area (Å²) in [5, 5.41) is 12.2. The van der Waals surface area contributed by atoms with Gasteiger partial charge in [-0.15, -0.1) is 0 Å². The molecular weight excluding hydrogens is 308 g/mol. The molecule has 1 aliphatic rings. The fourth-order valence-corrected chi connectivity index (χ4v) is 2.77. The van der Waals surface area contributed by atoms with E-state index in [0.717, 1.165) is 15.7 Å². The number of hydrogen-bond acceptors (Lipinski definition) is 3. The zero-order chi connectivity index (χ0) is 14.0. The summed E-state index contributed by atoms with van der Waals surface area (Å²) in [5.41, 5.74) is 2.51. The highest BCUT2D eigenvalue weighted by Gasteiger charge is 2.27. The van der Waals surface area contributed by atoms with Crippen LogP contribution in [0, 0.1) is 12.8 Å². The lowest BCUT2D eigenvalue weighted by molar-refractivity contribution is 0.0733. The Kier molecular flexibility index (Phi) is 4.24. The van der Waals surface area contributed by atoms with E-state index < -0.39 is 0 Å². The van der Waals surface area contributed by atoms with Gasteiger partial charge in [-0.05, 0) is 34.5 Å². The first-order valence-electron chi connectivity index (χ1n) is 6.29. The number of aryl methyl sites for hydroxylation is 1. The maximum absolute atomic E-state index is 12.5. The summed E-state index contributed by atoms with van der Waals surface area (Å²) in [6, 6.07) is 5.69. The summed E-state index contributed by atoms with van der Waals surface area (Å²) in [5.74, 6) is 0.130. The highest BCUT2D eigenvalue weighted by atomic mass is 79.9. The van der Waals surface area contributed by atoms with Crippen molar-refractivity contribution in [1.82, 2.24) is 4.90 Å². The van der Waals surface area contributed by atoms with E-state index in [1.807, 2.05) is 36.9 Å². The van der Waals surface area contributed by atoms with E-state index in [1.54, 1.807) is 0 Å². The molecule has 1 N–H and O–H groups in total. The SMILES string of the molecule is Cc1cccc(C(=O)N2CC/C(=N\O)C(C)C2)c1Br. The Morgan fingerprint density at radius 3 is 2.89 bits per heavy atom. The maximum atomic E-state index is 12.5. The van der Waals surface area contributed by atoms with Gasteiger partial charge in [0.05, 0.1) is 11.3 Å². The van der Waals surface area contributed by atoms with Crippen LogP contribution in [0.5, 0.6) is 0 Å². The van der Waals surface area contributed by atoms with Crippen molar-refractivity contribution in [1.29, 1.82) is 0 Å². The summed E-state index contributed by atoms with van der Waals surface area (Å²) in [7, 11) is 0. The van der Waals surface area contributed by atoms with Gasteiger partial charge < -0.3 is 10.1 Å². The first kappa shape index (κ1) is 14.1. The minimum Gasteiger partial charge on any atom is -0.411 e. The molecule has 1 saturated heterocycles. The minimum absolute atomic E-state index is 0.0272. The van der Waals surface area contributed by atoms with E-state index in [1.165, 1.54) is 0 Å². The number of halogens is 1. The topological polar surface area (TPSA) is 52.9 Å². The lowest BCUT2D eigenvalue weighted by Gasteiger charge is -2.31. The van der Waals surface area contributed by atoms with E-state index in [0.29, 0.717) is 25.1 Å². The van der Waals surface area contributed by atoms with Crippen LogP contribution in [0.15, 0.2) is 27.8 Å². The number of amides is 1. The molecular formula is C14H17BrN2O2. The zero-order valence-corrected chi connectivity index (χ0v) is 12.6. The van der Waals surface area contributed by atoms with Gasteiger partial charge in [0.2, 0.25) is 0 Å². The zero-order valence-electron chi connectivity index (χ0n) is 11.1. The number of carbonyl (C=O) groups is 1. The Balaban J connectivity index is 2.19. The Morgan fingerprint density at radius 1 is 1.53 bits per heavy atom. The maximum Gasteiger partial charge on any atom is 0.255 e. The molecule has 1 aromatic carbocycles. The van der Waals surface area contributed by atoms with E-state index in [4.69, 9.17) is 5.21 Å². The average Bonchev–Trinajstić information content (AvgIpc) is 2.41. The van der Waals surface area contributed by atoms with Crippen molar-refractivity contribution in [2.24, 2.45) is 11.1 Å². The second kappa shape index (κ2) is 5.74. The monoisotopic (exact) mass is 324 g/mol. The van der Waals surface area contributed by atoms with Crippen LogP contribution >= 0.6 is 15.9 Å². The van der Waals surface area contributed by atoms with Crippen molar-refractivity contribution in [2.45, 2.75) is 20.3 Å². The quantitative estimate of drug-likeness (QED) is 0.637. The van der Waals surface area contributed by atoms with Crippen LogP contribution in [0.2, 0.25) is 0 Å². The largest absolute Gasteiger partial charge is 0.411 e. The van der Waals surface area contributed by atoms with E-state index in [-0.39, 0.29) is 11.8 Å². The second-order valence-electron chi connectivity index (χ2n) is 4.93. The average molecular weight is 325 g/mol. The van der Waals surface area contributed by atoms with Crippen LogP contribution in [-0.2, 0) is 0 Å². The van der Waals surface area contributed by atoms with Crippen molar-refractivity contribution < 1.29 is 10.0 Å². The van der Waals surface area contributed by atoms with E-state index >= 15 is 0 Å². The summed E-state index contributed by atoms with van der Waals surface area (Å²) in [6.45, 7) is 5.14. The molecule has 0 spiro atoms. The Bertz CT molecular complexity index is 528. The molecule has 1 aromatic rings. The number of hydrogen-bond donors (Lipinski definition) is 1. The molecule has 1 fully saturated rings. The van der Waals surface area contributed by atoms with Gasteiger partial charge in [-0.2, -0.15) is 0 Å². The third-order valence-corrected chi connectivity index (χ3v) is 4.59. The molecule has 0 radical (unpaired) electrons. The second-order valence-corrected chi connectivity index (χ2v) is 5.72. The molecule has 1 atom stereocenters. The summed E-state index contributed by atoms with van der Waals surface area (Å²) >= 11 is 3.48. The lowest BCUT2D eigenvalue weighted by atomic mass is 9.97. The summed E-state index contributed by atoms with van der Waals surface area (Å²) in [4.78, 5) is 14.3. The Hall–Kier alpha value is -1.36. The van der Waals surface area contributed by atoms with Crippen molar-refractivity contribution in [3.63, 3.8) is 0 Å².